The molecule has 7 heteroatoms. The predicted molar refractivity (Wildman–Crippen MR) is 127 cm³/mol. The fourth-order valence-corrected chi connectivity index (χ4v) is 4.83. The average Bonchev–Trinajstić information content (AvgIpc) is 3.62. The molecule has 3 fully saturated rings. The van der Waals surface area contributed by atoms with Crippen LogP contribution in [0.15, 0.2) is 29.3 Å². The van der Waals surface area contributed by atoms with Gasteiger partial charge in [-0.25, -0.2) is 0 Å². The normalized spacial score (nSPS) is 22.3. The Hall–Kier alpha value is -1.50. The number of hydrogen-bond acceptors (Lipinski definition) is 4. The van der Waals surface area contributed by atoms with E-state index < -0.39 is 0 Å². The van der Waals surface area contributed by atoms with Crippen molar-refractivity contribution in [3.05, 3.63) is 29.3 Å². The van der Waals surface area contributed by atoms with Gasteiger partial charge in [-0.1, -0.05) is 17.7 Å². The fourth-order valence-electron chi connectivity index (χ4n) is 4.65. The van der Waals surface area contributed by atoms with Crippen LogP contribution in [0.3, 0.4) is 0 Å². The molecule has 0 unspecified atom stereocenters. The molecule has 0 atom stereocenters. The molecule has 30 heavy (non-hydrogen) atoms. The molecule has 2 aliphatic heterocycles. The number of guanidine groups is 1. The molecule has 2 heterocycles. The highest BCUT2D eigenvalue weighted by molar-refractivity contribution is 6.30. The highest BCUT2D eigenvalue weighted by atomic mass is 35.5. The summed E-state index contributed by atoms with van der Waals surface area (Å²) in [6.07, 6.45) is 6.42. The van der Waals surface area contributed by atoms with Gasteiger partial charge in [0.25, 0.3) is 0 Å². The second-order valence-corrected chi connectivity index (χ2v) is 9.28. The van der Waals surface area contributed by atoms with Crippen LogP contribution in [0.4, 0.5) is 5.69 Å². The molecule has 1 saturated carbocycles. The van der Waals surface area contributed by atoms with Crippen LogP contribution in [-0.2, 0) is 0 Å². The Morgan fingerprint density at radius 3 is 2.50 bits per heavy atom. The molecule has 2 N–H and O–H groups in total. The van der Waals surface area contributed by atoms with Crippen LogP contribution in [0.25, 0.3) is 0 Å². The van der Waals surface area contributed by atoms with Gasteiger partial charge in [0.15, 0.2) is 5.96 Å². The Kier molecular flexibility index (Phi) is 7.74. The number of benzene rings is 1. The number of anilines is 1. The number of nitrogens with zero attached hydrogens (tertiary/aromatic N) is 4. The highest BCUT2D eigenvalue weighted by Crippen LogP contribution is 2.29. The summed E-state index contributed by atoms with van der Waals surface area (Å²) in [5, 5.41) is 7.97. The largest absolute Gasteiger partial charge is 0.369 e. The van der Waals surface area contributed by atoms with Gasteiger partial charge >= 0.3 is 0 Å². The summed E-state index contributed by atoms with van der Waals surface area (Å²) in [6.45, 7) is 8.93. The van der Waals surface area contributed by atoms with Gasteiger partial charge < -0.3 is 20.4 Å². The van der Waals surface area contributed by atoms with Crippen LogP contribution < -0.4 is 15.5 Å². The van der Waals surface area contributed by atoms with Crippen LogP contribution in [0.5, 0.6) is 0 Å². The van der Waals surface area contributed by atoms with E-state index in [1.165, 1.54) is 44.5 Å². The number of halogens is 1. The summed E-state index contributed by atoms with van der Waals surface area (Å²) < 4.78 is 0. The van der Waals surface area contributed by atoms with Gasteiger partial charge in [0.1, 0.15) is 0 Å². The topological polar surface area (TPSA) is 46.1 Å². The third-order valence-corrected chi connectivity index (χ3v) is 6.88. The van der Waals surface area contributed by atoms with Gasteiger partial charge in [-0.2, -0.15) is 0 Å². The zero-order valence-electron chi connectivity index (χ0n) is 18.3. The van der Waals surface area contributed by atoms with Crippen molar-refractivity contribution < 1.29 is 0 Å². The first-order valence-corrected chi connectivity index (χ1v) is 12.0. The molecule has 4 rings (SSSR count). The van der Waals surface area contributed by atoms with Crippen molar-refractivity contribution in [3.63, 3.8) is 0 Å². The molecule has 1 aromatic carbocycles. The quantitative estimate of drug-likeness (QED) is 0.394. The van der Waals surface area contributed by atoms with Gasteiger partial charge in [-0.05, 0) is 56.8 Å². The first kappa shape index (κ1) is 21.7. The van der Waals surface area contributed by atoms with Crippen molar-refractivity contribution in [3.8, 4) is 0 Å². The minimum Gasteiger partial charge on any atom is -0.369 e. The third kappa shape index (κ3) is 6.25. The monoisotopic (exact) mass is 432 g/mol. The van der Waals surface area contributed by atoms with E-state index in [-0.39, 0.29) is 0 Å². The van der Waals surface area contributed by atoms with Gasteiger partial charge in [0, 0.05) is 75.7 Å². The zero-order chi connectivity index (χ0) is 20.8. The van der Waals surface area contributed by atoms with Crippen molar-refractivity contribution in [2.45, 2.75) is 44.2 Å². The Morgan fingerprint density at radius 2 is 1.83 bits per heavy atom. The van der Waals surface area contributed by atoms with E-state index in [2.05, 4.69) is 42.5 Å². The van der Waals surface area contributed by atoms with Gasteiger partial charge in [0.2, 0.25) is 0 Å². The summed E-state index contributed by atoms with van der Waals surface area (Å²) in [7, 11) is 1.88. The first-order valence-electron chi connectivity index (χ1n) is 11.7. The van der Waals surface area contributed by atoms with Crippen LogP contribution in [0.2, 0.25) is 5.02 Å². The first-order chi connectivity index (χ1) is 14.7. The van der Waals surface area contributed by atoms with Crippen molar-refractivity contribution in [2.75, 3.05) is 64.3 Å². The maximum Gasteiger partial charge on any atom is 0.191 e. The Balaban J connectivity index is 1.09. The van der Waals surface area contributed by atoms with E-state index >= 15 is 0 Å². The molecular formula is C23H37ClN6. The summed E-state index contributed by atoms with van der Waals surface area (Å²) in [4.78, 5) is 12.1. The number of piperidine rings is 1. The number of piperazine rings is 1. The Bertz CT molecular complexity index is 691. The number of nitrogens with one attached hydrogen (secondary N) is 2. The summed E-state index contributed by atoms with van der Waals surface area (Å²) >= 11 is 6.14. The average molecular weight is 433 g/mol. The predicted octanol–water partition coefficient (Wildman–Crippen LogP) is 2.64. The SMILES string of the molecule is CN=C(NCCCN1CCN(c2cccc(Cl)c2)CC1)NC1CCN(C2CC2)CC1. The molecular weight excluding hydrogens is 396 g/mol. The molecule has 0 amide bonds. The van der Waals surface area contributed by atoms with E-state index in [9.17, 15) is 0 Å². The van der Waals surface area contributed by atoms with Crippen molar-refractivity contribution in [2.24, 2.45) is 4.99 Å². The van der Waals surface area contributed by atoms with E-state index in [1.54, 1.807) is 0 Å². The molecule has 6 nitrogen and oxygen atoms in total. The molecule has 0 bridgehead atoms. The molecule has 1 aromatic rings. The van der Waals surface area contributed by atoms with Crippen molar-refractivity contribution >= 4 is 23.2 Å². The molecule has 0 aromatic heterocycles. The van der Waals surface area contributed by atoms with Crippen molar-refractivity contribution in [1.29, 1.82) is 0 Å². The lowest BCUT2D eigenvalue weighted by Crippen LogP contribution is -2.49. The zero-order valence-corrected chi connectivity index (χ0v) is 19.1. The van der Waals surface area contributed by atoms with E-state index in [0.717, 1.165) is 62.7 Å². The van der Waals surface area contributed by atoms with Gasteiger partial charge in [-0.15, -0.1) is 0 Å². The standard InChI is InChI=1S/C23H37ClN6/c1-25-23(27-20-8-12-29(13-9-20)21-6-7-21)26-10-3-11-28-14-16-30(17-15-28)22-5-2-4-19(24)18-22/h2,4-5,18,20-21H,3,6-17H2,1H3,(H2,25,26,27). The molecule has 3 aliphatic rings. The summed E-state index contributed by atoms with van der Waals surface area (Å²) in [5.41, 5.74) is 1.24. The van der Waals surface area contributed by atoms with Crippen LogP contribution in [0, 0.1) is 0 Å². The van der Waals surface area contributed by atoms with Crippen LogP contribution in [-0.4, -0.2) is 87.2 Å². The summed E-state index contributed by atoms with van der Waals surface area (Å²) in [6, 6.07) is 9.65. The number of hydrogen-bond donors (Lipinski definition) is 2. The molecule has 0 spiro atoms. The van der Waals surface area contributed by atoms with Crippen LogP contribution in [0.1, 0.15) is 32.1 Å². The van der Waals surface area contributed by atoms with E-state index in [1.807, 2.05) is 19.2 Å². The lowest BCUT2D eigenvalue weighted by molar-refractivity contribution is 0.197. The maximum atomic E-state index is 6.14. The lowest BCUT2D eigenvalue weighted by Gasteiger charge is -2.36. The smallest absolute Gasteiger partial charge is 0.191 e. The summed E-state index contributed by atoms with van der Waals surface area (Å²) in [5.74, 6) is 0.964. The Morgan fingerprint density at radius 1 is 1.07 bits per heavy atom. The van der Waals surface area contributed by atoms with Crippen LogP contribution >= 0.6 is 11.6 Å². The number of rotatable bonds is 7. The third-order valence-electron chi connectivity index (χ3n) is 6.65. The van der Waals surface area contributed by atoms with E-state index in [0.29, 0.717) is 6.04 Å². The molecule has 0 radical (unpaired) electrons. The van der Waals surface area contributed by atoms with E-state index in [4.69, 9.17) is 11.6 Å². The second-order valence-electron chi connectivity index (χ2n) is 8.85. The number of aliphatic imine (C=N–C) groups is 1. The maximum absolute atomic E-state index is 6.14. The minimum absolute atomic E-state index is 0.561. The molecule has 2 saturated heterocycles. The second kappa shape index (κ2) is 10.7. The fraction of sp³-hybridized carbons (Fsp3) is 0.696. The van der Waals surface area contributed by atoms with Gasteiger partial charge in [0.05, 0.1) is 0 Å². The Labute approximate surface area is 186 Å². The molecule has 1 aliphatic carbocycles. The highest BCUT2D eigenvalue weighted by Gasteiger charge is 2.31. The van der Waals surface area contributed by atoms with Crippen molar-refractivity contribution in [1.82, 2.24) is 20.4 Å². The lowest BCUT2D eigenvalue weighted by atomic mass is 10.1. The van der Waals surface area contributed by atoms with Gasteiger partial charge in [-0.3, -0.25) is 9.89 Å². The molecule has 166 valence electrons. The number of likely N-dealkylation sites (tertiary alicyclic amines) is 1. The minimum atomic E-state index is 0.561.